The lowest BCUT2D eigenvalue weighted by atomic mass is 10.2. The molecule has 0 radical (unpaired) electrons. The first-order valence-corrected chi connectivity index (χ1v) is 6.46. The molecular weight excluding hydrogens is 298 g/mol. The van der Waals surface area contributed by atoms with Gasteiger partial charge in [0.05, 0.1) is 0 Å². The summed E-state index contributed by atoms with van der Waals surface area (Å²) in [7, 11) is 0. The van der Waals surface area contributed by atoms with Crippen LogP contribution in [0, 0.1) is 0 Å². The third-order valence-electron chi connectivity index (χ3n) is 2.86. The van der Waals surface area contributed by atoms with Crippen LogP contribution in [0.3, 0.4) is 0 Å². The number of aromatic nitrogens is 2. The van der Waals surface area contributed by atoms with Gasteiger partial charge in [0.1, 0.15) is 0 Å². The van der Waals surface area contributed by atoms with Crippen molar-refractivity contribution in [3.63, 3.8) is 0 Å². The van der Waals surface area contributed by atoms with Gasteiger partial charge in [-0.3, -0.25) is 4.79 Å². The van der Waals surface area contributed by atoms with E-state index >= 15 is 0 Å². The molecular formula is C12H10BrN3O2. The predicted molar refractivity (Wildman–Crippen MR) is 69.4 cm³/mol. The average Bonchev–Trinajstić information content (AvgIpc) is 2.99. The molecule has 2 heterocycles. The van der Waals surface area contributed by atoms with Gasteiger partial charge in [-0.05, 0) is 24.3 Å². The molecule has 1 amide bonds. The van der Waals surface area contributed by atoms with Gasteiger partial charge in [-0.15, -0.1) is 10.2 Å². The highest BCUT2D eigenvalue weighted by atomic mass is 79.9. The largest absolute Gasteiger partial charge is 0.423 e. The monoisotopic (exact) mass is 307 g/mol. The van der Waals surface area contributed by atoms with Crippen LogP contribution in [0.15, 0.2) is 35.1 Å². The van der Waals surface area contributed by atoms with Crippen molar-refractivity contribution < 1.29 is 9.21 Å². The lowest BCUT2D eigenvalue weighted by Crippen LogP contribution is -2.24. The maximum absolute atomic E-state index is 11.8. The number of anilines is 1. The van der Waals surface area contributed by atoms with E-state index in [1.807, 2.05) is 24.3 Å². The van der Waals surface area contributed by atoms with Crippen LogP contribution in [0.5, 0.6) is 0 Å². The second-order valence-electron chi connectivity index (χ2n) is 4.10. The number of nitrogens with zero attached hydrogens (tertiary/aromatic N) is 3. The van der Waals surface area contributed by atoms with E-state index in [1.165, 1.54) is 6.39 Å². The zero-order valence-corrected chi connectivity index (χ0v) is 11.0. The third-order valence-corrected chi connectivity index (χ3v) is 3.48. The highest BCUT2D eigenvalue weighted by Gasteiger charge is 2.28. The summed E-state index contributed by atoms with van der Waals surface area (Å²) in [6, 6.07) is 7.53. The molecule has 0 aliphatic carbocycles. The zero-order chi connectivity index (χ0) is 12.5. The fourth-order valence-electron chi connectivity index (χ4n) is 2.00. The Bertz CT molecular complexity index is 553. The van der Waals surface area contributed by atoms with Crippen molar-refractivity contribution in [2.45, 2.75) is 11.2 Å². The highest BCUT2D eigenvalue weighted by Crippen LogP contribution is 2.27. The Kier molecular flexibility index (Phi) is 2.87. The highest BCUT2D eigenvalue weighted by molar-refractivity contribution is 9.09. The SMILES string of the molecule is O=C1CC(Br)CN1c1ccc(-c2nnco2)cc1. The molecule has 0 saturated carbocycles. The number of amides is 1. The molecule has 0 spiro atoms. The molecule has 0 N–H and O–H groups in total. The number of carbonyl (C=O) groups excluding carboxylic acids is 1. The van der Waals surface area contributed by atoms with Gasteiger partial charge in [-0.25, -0.2) is 0 Å². The summed E-state index contributed by atoms with van der Waals surface area (Å²) in [6.45, 7) is 0.707. The minimum Gasteiger partial charge on any atom is -0.423 e. The normalized spacial score (nSPS) is 19.5. The molecule has 1 fully saturated rings. The van der Waals surface area contributed by atoms with Crippen LogP contribution >= 0.6 is 15.9 Å². The number of alkyl halides is 1. The topological polar surface area (TPSA) is 59.2 Å². The van der Waals surface area contributed by atoms with Crippen LogP contribution in [0.4, 0.5) is 5.69 Å². The number of benzene rings is 1. The van der Waals surface area contributed by atoms with Crippen molar-refractivity contribution in [3.05, 3.63) is 30.7 Å². The first-order valence-electron chi connectivity index (χ1n) is 5.55. The maximum atomic E-state index is 11.8. The van der Waals surface area contributed by atoms with Gasteiger partial charge in [-0.2, -0.15) is 0 Å². The minimum absolute atomic E-state index is 0.141. The van der Waals surface area contributed by atoms with Crippen LogP contribution in [0.2, 0.25) is 0 Å². The fourth-order valence-corrected chi connectivity index (χ4v) is 2.56. The van der Waals surface area contributed by atoms with Crippen molar-refractivity contribution >= 4 is 27.5 Å². The molecule has 92 valence electrons. The molecule has 1 atom stereocenters. The van der Waals surface area contributed by atoms with E-state index in [1.54, 1.807) is 4.90 Å². The average molecular weight is 308 g/mol. The van der Waals surface area contributed by atoms with E-state index < -0.39 is 0 Å². The Labute approximate surface area is 112 Å². The first-order chi connectivity index (χ1) is 8.74. The van der Waals surface area contributed by atoms with Crippen LogP contribution in [-0.4, -0.2) is 27.5 Å². The maximum Gasteiger partial charge on any atom is 0.247 e. The summed E-state index contributed by atoms with van der Waals surface area (Å²) in [5.74, 6) is 0.620. The Morgan fingerprint density at radius 2 is 2.11 bits per heavy atom. The van der Waals surface area contributed by atoms with Crippen molar-refractivity contribution in [3.8, 4) is 11.5 Å². The summed E-state index contributed by atoms with van der Waals surface area (Å²) in [6.07, 6.45) is 1.84. The van der Waals surface area contributed by atoms with Gasteiger partial charge in [0.2, 0.25) is 18.2 Å². The van der Waals surface area contributed by atoms with Gasteiger partial charge < -0.3 is 9.32 Å². The summed E-state index contributed by atoms with van der Waals surface area (Å²) in [5, 5.41) is 7.47. The number of rotatable bonds is 2. The van der Waals surface area contributed by atoms with Crippen LogP contribution in [0.1, 0.15) is 6.42 Å². The van der Waals surface area contributed by atoms with E-state index in [4.69, 9.17) is 4.42 Å². The molecule has 6 heteroatoms. The van der Waals surface area contributed by atoms with Gasteiger partial charge in [0.15, 0.2) is 0 Å². The summed E-state index contributed by atoms with van der Waals surface area (Å²) >= 11 is 3.47. The fraction of sp³-hybridized carbons (Fsp3) is 0.250. The molecule has 1 unspecified atom stereocenters. The van der Waals surface area contributed by atoms with Crippen molar-refractivity contribution in [1.29, 1.82) is 0 Å². The third kappa shape index (κ3) is 2.03. The van der Waals surface area contributed by atoms with Crippen LogP contribution in [-0.2, 0) is 4.79 Å². The summed E-state index contributed by atoms with van der Waals surface area (Å²) < 4.78 is 5.11. The quantitative estimate of drug-likeness (QED) is 0.798. The molecule has 3 rings (SSSR count). The second kappa shape index (κ2) is 4.53. The molecule has 1 saturated heterocycles. The number of hydrogen-bond acceptors (Lipinski definition) is 4. The standard InChI is InChI=1S/C12H10BrN3O2/c13-9-5-11(17)16(6-9)10-3-1-8(2-4-10)12-15-14-7-18-12/h1-4,7,9H,5-6H2. The lowest BCUT2D eigenvalue weighted by molar-refractivity contribution is -0.117. The van der Waals surface area contributed by atoms with Gasteiger partial charge in [0.25, 0.3) is 0 Å². The summed E-state index contributed by atoms with van der Waals surface area (Å²) in [4.78, 5) is 13.8. The lowest BCUT2D eigenvalue weighted by Gasteiger charge is -2.15. The van der Waals surface area contributed by atoms with Gasteiger partial charge in [-0.1, -0.05) is 15.9 Å². The van der Waals surface area contributed by atoms with E-state index in [0.29, 0.717) is 18.9 Å². The van der Waals surface area contributed by atoms with E-state index in [2.05, 4.69) is 26.1 Å². The molecule has 5 nitrogen and oxygen atoms in total. The Morgan fingerprint density at radius 3 is 2.67 bits per heavy atom. The number of hydrogen-bond donors (Lipinski definition) is 0. The summed E-state index contributed by atoms with van der Waals surface area (Å²) in [5.41, 5.74) is 1.74. The van der Waals surface area contributed by atoms with Gasteiger partial charge in [0, 0.05) is 29.0 Å². The number of carbonyl (C=O) groups is 1. The van der Waals surface area contributed by atoms with E-state index in [9.17, 15) is 4.79 Å². The van der Waals surface area contributed by atoms with Crippen molar-refractivity contribution in [2.75, 3.05) is 11.4 Å². The Morgan fingerprint density at radius 1 is 1.33 bits per heavy atom. The zero-order valence-electron chi connectivity index (χ0n) is 9.41. The van der Waals surface area contributed by atoms with Gasteiger partial charge >= 0.3 is 0 Å². The van der Waals surface area contributed by atoms with E-state index in [0.717, 1.165) is 11.3 Å². The van der Waals surface area contributed by atoms with Crippen molar-refractivity contribution in [2.24, 2.45) is 0 Å². The Hall–Kier alpha value is -1.69. The number of halogens is 1. The molecule has 1 aliphatic rings. The smallest absolute Gasteiger partial charge is 0.247 e. The molecule has 1 aliphatic heterocycles. The van der Waals surface area contributed by atoms with Crippen molar-refractivity contribution in [1.82, 2.24) is 10.2 Å². The van der Waals surface area contributed by atoms with Crippen LogP contribution < -0.4 is 4.90 Å². The second-order valence-corrected chi connectivity index (χ2v) is 5.39. The molecule has 1 aromatic carbocycles. The minimum atomic E-state index is 0.141. The first kappa shape index (κ1) is 11.4. The molecule has 18 heavy (non-hydrogen) atoms. The molecule has 0 bridgehead atoms. The molecule has 1 aromatic heterocycles. The molecule has 2 aromatic rings. The predicted octanol–water partition coefficient (Wildman–Crippen LogP) is 2.24. The Balaban J connectivity index is 1.85. The van der Waals surface area contributed by atoms with Crippen LogP contribution in [0.25, 0.3) is 11.5 Å². The van der Waals surface area contributed by atoms with E-state index in [-0.39, 0.29) is 10.7 Å².